The molecule has 7 nitrogen and oxygen atoms in total. The van der Waals surface area contributed by atoms with E-state index in [9.17, 15) is 0 Å². The molecule has 0 saturated carbocycles. The molecule has 2 aromatic carbocycles. The van der Waals surface area contributed by atoms with Gasteiger partial charge in [0.2, 0.25) is 0 Å². The SMILES string of the molecule is COc1cc2c(cc1OC)N(c1cnnc3cc(OC)c(OC)cc13)CC2. The van der Waals surface area contributed by atoms with Gasteiger partial charge in [-0.25, -0.2) is 0 Å². The molecule has 1 aromatic heterocycles. The molecule has 1 aliphatic heterocycles. The van der Waals surface area contributed by atoms with Crippen LogP contribution in [0.5, 0.6) is 23.0 Å². The molecule has 0 fully saturated rings. The van der Waals surface area contributed by atoms with Gasteiger partial charge >= 0.3 is 0 Å². The van der Waals surface area contributed by atoms with E-state index in [4.69, 9.17) is 18.9 Å². The van der Waals surface area contributed by atoms with Crippen LogP contribution in [0.15, 0.2) is 30.5 Å². The van der Waals surface area contributed by atoms with Crippen LogP contribution >= 0.6 is 0 Å². The van der Waals surface area contributed by atoms with Crippen molar-refractivity contribution in [2.45, 2.75) is 6.42 Å². The number of fused-ring (bicyclic) bond motifs is 2. The topological polar surface area (TPSA) is 65.9 Å². The summed E-state index contributed by atoms with van der Waals surface area (Å²) in [5.74, 6) is 2.73. The number of methoxy groups -OCH3 is 4. The van der Waals surface area contributed by atoms with Crippen molar-refractivity contribution in [3.8, 4) is 23.0 Å². The number of rotatable bonds is 5. The van der Waals surface area contributed by atoms with E-state index < -0.39 is 0 Å². The molecule has 1 aliphatic rings. The third-order valence-electron chi connectivity index (χ3n) is 4.89. The lowest BCUT2D eigenvalue weighted by Gasteiger charge is -2.22. The van der Waals surface area contributed by atoms with Crippen LogP contribution in [0.4, 0.5) is 11.4 Å². The summed E-state index contributed by atoms with van der Waals surface area (Å²) < 4.78 is 21.8. The van der Waals surface area contributed by atoms with Gasteiger partial charge in [0.15, 0.2) is 23.0 Å². The highest BCUT2D eigenvalue weighted by Gasteiger charge is 2.25. The van der Waals surface area contributed by atoms with Gasteiger partial charge in [-0.15, -0.1) is 0 Å². The second kappa shape index (κ2) is 6.83. The zero-order valence-corrected chi connectivity index (χ0v) is 15.8. The minimum absolute atomic E-state index is 0.629. The van der Waals surface area contributed by atoms with Gasteiger partial charge in [0.1, 0.15) is 0 Å². The summed E-state index contributed by atoms with van der Waals surface area (Å²) in [5.41, 5.74) is 4.00. The second-order valence-electron chi connectivity index (χ2n) is 6.19. The van der Waals surface area contributed by atoms with Gasteiger partial charge < -0.3 is 23.8 Å². The molecule has 0 unspecified atom stereocenters. The summed E-state index contributed by atoms with van der Waals surface area (Å²) in [4.78, 5) is 2.22. The Morgan fingerprint density at radius 2 is 1.41 bits per heavy atom. The van der Waals surface area contributed by atoms with Crippen molar-refractivity contribution in [1.82, 2.24) is 10.2 Å². The number of nitrogens with zero attached hydrogens (tertiary/aromatic N) is 3. The first-order valence-corrected chi connectivity index (χ1v) is 8.60. The minimum Gasteiger partial charge on any atom is -0.493 e. The number of benzene rings is 2. The number of hydrogen-bond donors (Lipinski definition) is 0. The number of anilines is 2. The molecule has 4 rings (SSSR count). The molecule has 0 bridgehead atoms. The molecule has 0 spiro atoms. The molecule has 0 radical (unpaired) electrons. The fraction of sp³-hybridized carbons (Fsp3) is 0.300. The average Bonchev–Trinajstić information content (AvgIpc) is 3.13. The molecule has 27 heavy (non-hydrogen) atoms. The predicted octanol–water partition coefficient (Wildman–Crippen LogP) is 3.36. The van der Waals surface area contributed by atoms with Crippen molar-refractivity contribution in [3.05, 3.63) is 36.0 Å². The fourth-order valence-electron chi connectivity index (χ4n) is 3.55. The smallest absolute Gasteiger partial charge is 0.162 e. The molecule has 7 heteroatoms. The third-order valence-corrected chi connectivity index (χ3v) is 4.89. The highest BCUT2D eigenvalue weighted by Crippen LogP contribution is 2.44. The molecule has 3 aromatic rings. The van der Waals surface area contributed by atoms with E-state index in [1.807, 2.05) is 24.3 Å². The molecule has 0 amide bonds. The van der Waals surface area contributed by atoms with Gasteiger partial charge in [-0.05, 0) is 24.1 Å². The Labute approximate surface area is 157 Å². The Hall–Kier alpha value is -3.22. The molecule has 2 heterocycles. The minimum atomic E-state index is 0.629. The third kappa shape index (κ3) is 2.75. The zero-order valence-electron chi connectivity index (χ0n) is 15.8. The molecule has 0 saturated heterocycles. The summed E-state index contributed by atoms with van der Waals surface area (Å²) in [6.45, 7) is 0.834. The highest BCUT2D eigenvalue weighted by atomic mass is 16.5. The quantitative estimate of drug-likeness (QED) is 0.685. The van der Waals surface area contributed by atoms with Crippen molar-refractivity contribution in [2.75, 3.05) is 39.9 Å². The highest BCUT2D eigenvalue weighted by molar-refractivity contribution is 5.96. The normalized spacial score (nSPS) is 12.8. The molecule has 0 aliphatic carbocycles. The van der Waals surface area contributed by atoms with E-state index in [0.717, 1.165) is 41.0 Å². The van der Waals surface area contributed by atoms with Crippen molar-refractivity contribution in [2.24, 2.45) is 0 Å². The molecule has 0 N–H and O–H groups in total. The predicted molar refractivity (Wildman–Crippen MR) is 103 cm³/mol. The van der Waals surface area contributed by atoms with Gasteiger partial charge in [0.05, 0.1) is 45.8 Å². The van der Waals surface area contributed by atoms with E-state index in [2.05, 4.69) is 15.1 Å². The van der Waals surface area contributed by atoms with Crippen LogP contribution in [0, 0.1) is 0 Å². The lowest BCUT2D eigenvalue weighted by molar-refractivity contribution is 0.355. The second-order valence-corrected chi connectivity index (χ2v) is 6.19. The first kappa shape index (κ1) is 17.2. The lowest BCUT2D eigenvalue weighted by Crippen LogP contribution is -2.14. The van der Waals surface area contributed by atoms with E-state index in [1.165, 1.54) is 5.56 Å². The van der Waals surface area contributed by atoms with Gasteiger partial charge in [-0.2, -0.15) is 10.2 Å². The van der Waals surface area contributed by atoms with Crippen LogP contribution in [-0.4, -0.2) is 45.2 Å². The van der Waals surface area contributed by atoms with Crippen LogP contribution in [0.1, 0.15) is 5.56 Å². The van der Waals surface area contributed by atoms with Crippen molar-refractivity contribution < 1.29 is 18.9 Å². The molecular weight excluding hydrogens is 346 g/mol. The van der Waals surface area contributed by atoms with Crippen molar-refractivity contribution in [3.63, 3.8) is 0 Å². The maximum Gasteiger partial charge on any atom is 0.162 e. The van der Waals surface area contributed by atoms with Gasteiger partial charge in [0.25, 0.3) is 0 Å². The first-order valence-electron chi connectivity index (χ1n) is 8.60. The Morgan fingerprint density at radius 1 is 0.778 bits per heavy atom. The van der Waals surface area contributed by atoms with E-state index in [0.29, 0.717) is 17.2 Å². The Morgan fingerprint density at radius 3 is 2.11 bits per heavy atom. The van der Waals surface area contributed by atoms with Crippen LogP contribution < -0.4 is 23.8 Å². The Bertz CT molecular complexity index is 1010. The van der Waals surface area contributed by atoms with Crippen LogP contribution in [0.3, 0.4) is 0 Å². The van der Waals surface area contributed by atoms with E-state index in [1.54, 1.807) is 34.6 Å². The average molecular weight is 367 g/mol. The Kier molecular flexibility index (Phi) is 4.35. The van der Waals surface area contributed by atoms with Crippen molar-refractivity contribution in [1.29, 1.82) is 0 Å². The Balaban J connectivity index is 1.88. The van der Waals surface area contributed by atoms with Crippen molar-refractivity contribution >= 4 is 22.3 Å². The summed E-state index contributed by atoms with van der Waals surface area (Å²) >= 11 is 0. The first-order chi connectivity index (χ1) is 13.2. The monoisotopic (exact) mass is 367 g/mol. The summed E-state index contributed by atoms with van der Waals surface area (Å²) in [7, 11) is 6.53. The maximum absolute atomic E-state index is 5.48. The standard InChI is InChI=1S/C20H21N3O4/c1-24-17-7-12-5-6-23(15(12)10-20(17)27-4)16-11-21-22-14-9-19(26-3)18(25-2)8-13(14)16/h7-11H,5-6H2,1-4H3. The van der Waals surface area contributed by atoms with E-state index >= 15 is 0 Å². The number of hydrogen-bond acceptors (Lipinski definition) is 7. The summed E-state index contributed by atoms with van der Waals surface area (Å²) in [6, 6.07) is 7.83. The van der Waals surface area contributed by atoms with Crippen LogP contribution in [0.2, 0.25) is 0 Å². The molecule has 0 atom stereocenters. The molecular formula is C20H21N3O4. The molecule has 140 valence electrons. The summed E-state index contributed by atoms with van der Waals surface area (Å²) in [5, 5.41) is 9.40. The fourth-order valence-corrected chi connectivity index (χ4v) is 3.55. The van der Waals surface area contributed by atoms with Crippen LogP contribution in [0.25, 0.3) is 10.9 Å². The largest absolute Gasteiger partial charge is 0.493 e. The maximum atomic E-state index is 5.48. The zero-order chi connectivity index (χ0) is 19.0. The van der Waals surface area contributed by atoms with Crippen LogP contribution in [-0.2, 0) is 6.42 Å². The number of ether oxygens (including phenoxy) is 4. The van der Waals surface area contributed by atoms with Gasteiger partial charge in [0, 0.05) is 29.8 Å². The van der Waals surface area contributed by atoms with E-state index in [-0.39, 0.29) is 0 Å². The number of aromatic nitrogens is 2. The van der Waals surface area contributed by atoms with Gasteiger partial charge in [-0.1, -0.05) is 0 Å². The lowest BCUT2D eigenvalue weighted by atomic mass is 10.1. The summed E-state index contributed by atoms with van der Waals surface area (Å²) in [6.07, 6.45) is 2.69. The van der Waals surface area contributed by atoms with Gasteiger partial charge in [-0.3, -0.25) is 0 Å².